The molecule has 1 aliphatic heterocycles. The number of halogens is 1. The Morgan fingerprint density at radius 1 is 1.16 bits per heavy atom. The van der Waals surface area contributed by atoms with E-state index in [1.54, 1.807) is 18.2 Å². The first kappa shape index (κ1) is 17.0. The van der Waals surface area contributed by atoms with Crippen molar-refractivity contribution in [3.63, 3.8) is 0 Å². The van der Waals surface area contributed by atoms with Crippen LogP contribution in [0.5, 0.6) is 11.5 Å². The average Bonchev–Trinajstić information content (AvgIpc) is 2.85. The van der Waals surface area contributed by atoms with Crippen molar-refractivity contribution in [3.8, 4) is 11.5 Å². The highest BCUT2D eigenvalue weighted by molar-refractivity contribution is 5.92. The first-order valence-electron chi connectivity index (χ1n) is 8.26. The van der Waals surface area contributed by atoms with E-state index in [-0.39, 0.29) is 17.8 Å². The van der Waals surface area contributed by atoms with Gasteiger partial charge in [-0.2, -0.15) is 0 Å². The van der Waals surface area contributed by atoms with Gasteiger partial charge in [0.05, 0.1) is 19.3 Å². The van der Waals surface area contributed by atoms with Gasteiger partial charge in [0, 0.05) is 18.1 Å². The number of amides is 1. The molecule has 1 aliphatic rings. The number of fused-ring (bicyclic) bond motifs is 1. The third-order valence-electron chi connectivity index (χ3n) is 3.95. The maximum Gasteiger partial charge on any atom is 0.244 e. The molecule has 1 heterocycles. The van der Waals surface area contributed by atoms with Crippen LogP contribution in [0, 0.1) is 5.82 Å². The quantitative estimate of drug-likeness (QED) is 0.859. The monoisotopic (exact) mass is 341 g/mol. The molecule has 130 valence electrons. The number of hydrogen-bond acceptors (Lipinski definition) is 3. The summed E-state index contributed by atoms with van der Waals surface area (Å²) in [4.78, 5) is 12.1. The van der Waals surface area contributed by atoms with E-state index < -0.39 is 0 Å². The van der Waals surface area contributed by atoms with Crippen LogP contribution < -0.4 is 14.8 Å². The molecule has 0 saturated heterocycles. The molecular weight excluding hydrogens is 321 g/mol. The standard InChI is InChI=1S/C20H20FNO3/c1-14(16-7-9-18-19(13-16)25-12-4-11-24-18)22-20(23)10-8-15-5-2-3-6-17(15)21/h2-3,5-10,13-14H,4,11-12H2,1H3,(H,22,23)/b10-8+/t14-/m1/s1. The van der Waals surface area contributed by atoms with Crippen molar-refractivity contribution in [2.24, 2.45) is 0 Å². The van der Waals surface area contributed by atoms with Crippen molar-refractivity contribution in [2.45, 2.75) is 19.4 Å². The summed E-state index contributed by atoms with van der Waals surface area (Å²) in [6, 6.07) is 11.7. The molecule has 5 heteroatoms. The number of benzene rings is 2. The van der Waals surface area contributed by atoms with Crippen molar-refractivity contribution >= 4 is 12.0 Å². The summed E-state index contributed by atoms with van der Waals surface area (Å²) in [6.07, 6.45) is 3.64. The van der Waals surface area contributed by atoms with Gasteiger partial charge in [-0.15, -0.1) is 0 Å². The first-order chi connectivity index (χ1) is 12.1. The summed E-state index contributed by atoms with van der Waals surface area (Å²) in [7, 11) is 0. The lowest BCUT2D eigenvalue weighted by Crippen LogP contribution is -2.24. The highest BCUT2D eigenvalue weighted by Gasteiger charge is 2.14. The molecular formula is C20H20FNO3. The van der Waals surface area contributed by atoms with Gasteiger partial charge in [0.25, 0.3) is 0 Å². The lowest BCUT2D eigenvalue weighted by Gasteiger charge is -2.15. The molecule has 0 radical (unpaired) electrons. The summed E-state index contributed by atoms with van der Waals surface area (Å²) in [6.45, 7) is 3.14. The van der Waals surface area contributed by atoms with Crippen molar-refractivity contribution in [1.29, 1.82) is 0 Å². The second-order valence-corrected chi connectivity index (χ2v) is 5.84. The molecule has 0 bridgehead atoms. The average molecular weight is 341 g/mol. The largest absolute Gasteiger partial charge is 0.490 e. The lowest BCUT2D eigenvalue weighted by molar-refractivity contribution is -0.117. The molecule has 4 nitrogen and oxygen atoms in total. The van der Waals surface area contributed by atoms with E-state index in [4.69, 9.17) is 9.47 Å². The molecule has 0 saturated carbocycles. The van der Waals surface area contributed by atoms with Crippen LogP contribution in [0.2, 0.25) is 0 Å². The summed E-state index contributed by atoms with van der Waals surface area (Å²) in [5, 5.41) is 2.86. The number of carbonyl (C=O) groups is 1. The van der Waals surface area contributed by atoms with Gasteiger partial charge in [0.15, 0.2) is 11.5 Å². The van der Waals surface area contributed by atoms with Gasteiger partial charge < -0.3 is 14.8 Å². The van der Waals surface area contributed by atoms with Crippen molar-refractivity contribution in [1.82, 2.24) is 5.32 Å². The van der Waals surface area contributed by atoms with Gasteiger partial charge in [-0.1, -0.05) is 24.3 Å². The topological polar surface area (TPSA) is 47.6 Å². The van der Waals surface area contributed by atoms with Crippen molar-refractivity contribution in [2.75, 3.05) is 13.2 Å². The minimum atomic E-state index is -0.359. The summed E-state index contributed by atoms with van der Waals surface area (Å²) >= 11 is 0. The number of rotatable bonds is 4. The van der Waals surface area contributed by atoms with E-state index in [0.717, 1.165) is 17.7 Å². The number of hydrogen-bond donors (Lipinski definition) is 1. The maximum atomic E-state index is 13.6. The normalized spacial score (nSPS) is 14.8. The Balaban J connectivity index is 1.65. The molecule has 0 aliphatic carbocycles. The second-order valence-electron chi connectivity index (χ2n) is 5.84. The first-order valence-corrected chi connectivity index (χ1v) is 8.26. The van der Waals surface area contributed by atoms with Crippen LogP contribution in [0.4, 0.5) is 4.39 Å². The van der Waals surface area contributed by atoms with E-state index >= 15 is 0 Å². The third kappa shape index (κ3) is 4.38. The Morgan fingerprint density at radius 2 is 1.92 bits per heavy atom. The minimum absolute atomic E-state index is 0.213. The zero-order chi connectivity index (χ0) is 17.6. The van der Waals surface area contributed by atoms with Crippen LogP contribution in [-0.2, 0) is 4.79 Å². The zero-order valence-corrected chi connectivity index (χ0v) is 14.0. The van der Waals surface area contributed by atoms with E-state index in [0.29, 0.717) is 24.5 Å². The molecule has 2 aromatic carbocycles. The van der Waals surface area contributed by atoms with Gasteiger partial charge in [-0.25, -0.2) is 4.39 Å². The summed E-state index contributed by atoms with van der Waals surface area (Å²) < 4.78 is 24.8. The molecule has 25 heavy (non-hydrogen) atoms. The summed E-state index contributed by atoms with van der Waals surface area (Å²) in [5.41, 5.74) is 1.29. The fourth-order valence-corrected chi connectivity index (χ4v) is 2.57. The van der Waals surface area contributed by atoms with Gasteiger partial charge in [0.2, 0.25) is 5.91 Å². The van der Waals surface area contributed by atoms with Gasteiger partial charge in [-0.05, 0) is 36.8 Å². The second kappa shape index (κ2) is 7.83. The van der Waals surface area contributed by atoms with Crippen LogP contribution in [0.3, 0.4) is 0 Å². The molecule has 0 spiro atoms. The fraction of sp³-hybridized carbons (Fsp3) is 0.250. The van der Waals surface area contributed by atoms with E-state index in [1.165, 1.54) is 18.2 Å². The highest BCUT2D eigenvalue weighted by Crippen LogP contribution is 2.32. The zero-order valence-electron chi connectivity index (χ0n) is 14.0. The Kier molecular flexibility index (Phi) is 5.33. The lowest BCUT2D eigenvalue weighted by atomic mass is 10.1. The molecule has 1 N–H and O–H groups in total. The molecule has 0 fully saturated rings. The Labute approximate surface area is 146 Å². The smallest absolute Gasteiger partial charge is 0.244 e. The van der Waals surface area contributed by atoms with Gasteiger partial charge in [-0.3, -0.25) is 4.79 Å². The van der Waals surface area contributed by atoms with Crippen LogP contribution in [0.1, 0.15) is 30.5 Å². The maximum absolute atomic E-state index is 13.6. The van der Waals surface area contributed by atoms with E-state index in [2.05, 4.69) is 5.32 Å². The predicted molar refractivity (Wildman–Crippen MR) is 94.0 cm³/mol. The SMILES string of the molecule is C[C@@H](NC(=O)/C=C/c1ccccc1F)c1ccc2c(c1)OCCCO2. The predicted octanol–water partition coefficient (Wildman–Crippen LogP) is 3.88. The highest BCUT2D eigenvalue weighted by atomic mass is 19.1. The van der Waals surface area contributed by atoms with Crippen molar-refractivity contribution < 1.29 is 18.7 Å². The molecule has 3 rings (SSSR count). The van der Waals surface area contributed by atoms with Gasteiger partial charge in [0.1, 0.15) is 5.82 Å². The molecule has 2 aromatic rings. The van der Waals surface area contributed by atoms with Crippen LogP contribution in [0.25, 0.3) is 6.08 Å². The minimum Gasteiger partial charge on any atom is -0.490 e. The molecule has 0 aromatic heterocycles. The van der Waals surface area contributed by atoms with E-state index in [9.17, 15) is 9.18 Å². The number of carbonyl (C=O) groups excluding carboxylic acids is 1. The van der Waals surface area contributed by atoms with Crippen molar-refractivity contribution in [3.05, 3.63) is 65.5 Å². The fourth-order valence-electron chi connectivity index (χ4n) is 2.57. The van der Waals surface area contributed by atoms with Crippen LogP contribution in [-0.4, -0.2) is 19.1 Å². The Hall–Kier alpha value is -2.82. The number of nitrogens with one attached hydrogen (secondary N) is 1. The third-order valence-corrected chi connectivity index (χ3v) is 3.95. The van der Waals surface area contributed by atoms with E-state index in [1.807, 2.05) is 25.1 Å². The Morgan fingerprint density at radius 3 is 2.72 bits per heavy atom. The van der Waals surface area contributed by atoms with Gasteiger partial charge >= 0.3 is 0 Å². The molecule has 1 amide bonds. The summed E-state index contributed by atoms with van der Waals surface area (Å²) in [5.74, 6) is 0.766. The van der Waals surface area contributed by atoms with Crippen LogP contribution in [0.15, 0.2) is 48.5 Å². The molecule has 0 unspecified atom stereocenters. The Bertz CT molecular complexity index is 788. The number of ether oxygens (including phenoxy) is 2. The molecule has 1 atom stereocenters. The van der Waals surface area contributed by atoms with Crippen LogP contribution >= 0.6 is 0 Å².